The van der Waals surface area contributed by atoms with Gasteiger partial charge in [0.2, 0.25) is 0 Å². The summed E-state index contributed by atoms with van der Waals surface area (Å²) in [6.07, 6.45) is 6.33. The largest absolute Gasteiger partial charge is 0.306 e. The topological polar surface area (TPSA) is 12.0 Å². The van der Waals surface area contributed by atoms with E-state index in [1.54, 1.807) is 0 Å². The summed E-state index contributed by atoms with van der Waals surface area (Å²) >= 11 is 3.98. The third kappa shape index (κ3) is 2.63. The second-order valence-electron chi connectivity index (χ2n) is 5.79. The summed E-state index contributed by atoms with van der Waals surface area (Å²) in [6, 6.07) is 9.92. The van der Waals surface area contributed by atoms with Crippen LogP contribution in [0.5, 0.6) is 0 Å². The molecule has 2 aromatic rings. The van der Waals surface area contributed by atoms with Crippen molar-refractivity contribution >= 4 is 33.2 Å². The van der Waals surface area contributed by atoms with Crippen molar-refractivity contribution in [2.24, 2.45) is 0 Å². The molecule has 108 valence electrons. The monoisotopic (exact) mass is 305 g/mol. The van der Waals surface area contributed by atoms with Crippen LogP contribution in [-0.2, 0) is 0 Å². The number of hydrogen-bond acceptors (Lipinski definition) is 3. The van der Waals surface area contributed by atoms with Crippen molar-refractivity contribution in [1.82, 2.24) is 5.32 Å². The van der Waals surface area contributed by atoms with Crippen molar-refractivity contribution in [1.29, 1.82) is 0 Å². The van der Waals surface area contributed by atoms with Crippen molar-refractivity contribution in [3.8, 4) is 0 Å². The van der Waals surface area contributed by atoms with Crippen molar-refractivity contribution < 1.29 is 0 Å². The Hall–Kier alpha value is -0.510. The molecule has 0 saturated heterocycles. The van der Waals surface area contributed by atoms with Crippen LogP contribution in [0.25, 0.3) is 10.1 Å². The van der Waals surface area contributed by atoms with E-state index in [-0.39, 0.29) is 0 Å². The van der Waals surface area contributed by atoms with E-state index in [1.165, 1.54) is 39.8 Å². The Morgan fingerprint density at radius 2 is 2.10 bits per heavy atom. The van der Waals surface area contributed by atoms with E-state index in [4.69, 9.17) is 0 Å². The minimum atomic E-state index is 0.463. The smallest absolute Gasteiger partial charge is 0.0391 e. The highest BCUT2D eigenvalue weighted by molar-refractivity contribution is 7.99. The molecule has 0 spiro atoms. The summed E-state index contributed by atoms with van der Waals surface area (Å²) in [5.74, 6) is 0. The van der Waals surface area contributed by atoms with Gasteiger partial charge in [-0.1, -0.05) is 24.6 Å². The van der Waals surface area contributed by atoms with Crippen LogP contribution in [-0.4, -0.2) is 17.5 Å². The first-order chi connectivity index (χ1) is 9.70. The summed E-state index contributed by atoms with van der Waals surface area (Å²) in [5.41, 5.74) is 1.46. The highest BCUT2D eigenvalue weighted by Crippen LogP contribution is 2.36. The van der Waals surface area contributed by atoms with Gasteiger partial charge in [-0.15, -0.1) is 11.3 Å². The van der Waals surface area contributed by atoms with E-state index in [2.05, 4.69) is 49.7 Å². The lowest BCUT2D eigenvalue weighted by Gasteiger charge is -2.24. The maximum absolute atomic E-state index is 3.89. The Kier molecular flexibility index (Phi) is 4.39. The minimum absolute atomic E-state index is 0.463. The summed E-state index contributed by atoms with van der Waals surface area (Å²) in [6.45, 7) is 4.60. The van der Waals surface area contributed by atoms with Crippen LogP contribution in [0.4, 0.5) is 0 Å². The predicted octanol–water partition coefficient (Wildman–Crippen LogP) is 5.14. The summed E-state index contributed by atoms with van der Waals surface area (Å²) in [4.78, 5) is 1.51. The standard InChI is InChI=1S/C17H23NS2/c1-11-13-7-4-5-9-15(13)20-17(11)12(2)18-14-8-6-10-16(14)19-3/h4-5,7,9,12,14,16,18H,6,8,10H2,1-3H3. The Labute approximate surface area is 130 Å². The van der Waals surface area contributed by atoms with Crippen molar-refractivity contribution in [2.75, 3.05) is 6.26 Å². The zero-order valence-corrected chi connectivity index (χ0v) is 14.1. The number of hydrogen-bond donors (Lipinski definition) is 1. The van der Waals surface area contributed by atoms with Crippen molar-refractivity contribution in [2.45, 2.75) is 50.4 Å². The van der Waals surface area contributed by atoms with Gasteiger partial charge in [0.15, 0.2) is 0 Å². The molecule has 1 saturated carbocycles. The Morgan fingerprint density at radius 1 is 1.30 bits per heavy atom. The second-order valence-corrected chi connectivity index (χ2v) is 7.95. The molecule has 1 aromatic carbocycles. The molecule has 0 amide bonds. The summed E-state index contributed by atoms with van der Waals surface area (Å²) in [7, 11) is 0. The Balaban J connectivity index is 1.82. The molecule has 3 rings (SSSR count). The quantitative estimate of drug-likeness (QED) is 0.839. The maximum Gasteiger partial charge on any atom is 0.0391 e. The van der Waals surface area contributed by atoms with Crippen LogP contribution in [0.2, 0.25) is 0 Å². The van der Waals surface area contributed by atoms with Gasteiger partial charge in [-0.2, -0.15) is 11.8 Å². The van der Waals surface area contributed by atoms with Crippen LogP contribution < -0.4 is 5.32 Å². The molecule has 1 fully saturated rings. The average Bonchev–Trinajstić information content (AvgIpc) is 3.04. The highest BCUT2D eigenvalue weighted by atomic mass is 32.2. The number of nitrogens with one attached hydrogen (secondary N) is 1. The van der Waals surface area contributed by atoms with Crippen molar-refractivity contribution in [3.05, 3.63) is 34.7 Å². The van der Waals surface area contributed by atoms with Gasteiger partial charge in [0, 0.05) is 26.9 Å². The van der Waals surface area contributed by atoms with Gasteiger partial charge >= 0.3 is 0 Å². The number of rotatable bonds is 4. The minimum Gasteiger partial charge on any atom is -0.306 e. The van der Waals surface area contributed by atoms with Crippen molar-refractivity contribution in [3.63, 3.8) is 0 Å². The molecule has 20 heavy (non-hydrogen) atoms. The lowest BCUT2D eigenvalue weighted by Crippen LogP contribution is -2.35. The first-order valence-corrected chi connectivity index (χ1v) is 9.58. The molecule has 1 aliphatic rings. The third-order valence-corrected chi connectivity index (χ3v) is 7.12. The number of fused-ring (bicyclic) bond motifs is 1. The van der Waals surface area contributed by atoms with Crippen LogP contribution in [0.3, 0.4) is 0 Å². The highest BCUT2D eigenvalue weighted by Gasteiger charge is 2.28. The molecule has 1 N–H and O–H groups in total. The fraction of sp³-hybridized carbons (Fsp3) is 0.529. The van der Waals surface area contributed by atoms with Crippen LogP contribution in [0, 0.1) is 6.92 Å². The van der Waals surface area contributed by atoms with Gasteiger partial charge < -0.3 is 5.32 Å². The van der Waals surface area contributed by atoms with E-state index in [0.29, 0.717) is 12.1 Å². The molecule has 0 aliphatic heterocycles. The van der Waals surface area contributed by atoms with Gasteiger partial charge in [-0.25, -0.2) is 0 Å². The Bertz CT molecular complexity index is 590. The van der Waals surface area contributed by atoms with Gasteiger partial charge in [0.05, 0.1) is 0 Å². The lowest BCUT2D eigenvalue weighted by molar-refractivity contribution is 0.471. The number of thioether (sulfide) groups is 1. The van der Waals surface area contributed by atoms with E-state index in [9.17, 15) is 0 Å². The zero-order chi connectivity index (χ0) is 14.1. The predicted molar refractivity (Wildman–Crippen MR) is 93.1 cm³/mol. The molecule has 3 atom stereocenters. The molecule has 1 aliphatic carbocycles. The molecule has 3 unspecified atom stereocenters. The van der Waals surface area contributed by atoms with E-state index in [0.717, 1.165) is 5.25 Å². The second kappa shape index (κ2) is 6.08. The third-order valence-electron chi connectivity index (χ3n) is 4.49. The molecule has 0 radical (unpaired) electrons. The van der Waals surface area contributed by atoms with Gasteiger partial charge in [0.1, 0.15) is 0 Å². The fourth-order valence-electron chi connectivity index (χ4n) is 3.40. The van der Waals surface area contributed by atoms with Crippen LogP contribution >= 0.6 is 23.1 Å². The summed E-state index contributed by atoms with van der Waals surface area (Å²) < 4.78 is 1.42. The molecule has 1 aromatic heterocycles. The van der Waals surface area contributed by atoms with E-state index in [1.807, 2.05) is 23.1 Å². The van der Waals surface area contributed by atoms with Crippen LogP contribution in [0.1, 0.15) is 42.7 Å². The maximum atomic E-state index is 3.89. The summed E-state index contributed by atoms with van der Waals surface area (Å²) in [5, 5.41) is 6.11. The molecular formula is C17H23NS2. The molecule has 0 bridgehead atoms. The molecular weight excluding hydrogens is 282 g/mol. The Morgan fingerprint density at radius 3 is 2.85 bits per heavy atom. The normalized spacial score (nSPS) is 24.4. The number of aryl methyl sites for hydroxylation is 1. The number of benzene rings is 1. The lowest BCUT2D eigenvalue weighted by atomic mass is 10.1. The van der Waals surface area contributed by atoms with Crippen LogP contribution in [0.15, 0.2) is 24.3 Å². The van der Waals surface area contributed by atoms with E-state index >= 15 is 0 Å². The SMILES string of the molecule is CSC1CCCC1NC(C)c1sc2ccccc2c1C. The van der Waals surface area contributed by atoms with Gasteiger partial charge in [-0.05, 0) is 50.0 Å². The number of thiophene rings is 1. The van der Waals surface area contributed by atoms with Gasteiger partial charge in [-0.3, -0.25) is 0 Å². The molecule has 1 heterocycles. The zero-order valence-electron chi connectivity index (χ0n) is 12.5. The first-order valence-electron chi connectivity index (χ1n) is 7.47. The molecule has 3 heteroatoms. The average molecular weight is 306 g/mol. The fourth-order valence-corrected chi connectivity index (χ4v) is 5.57. The first kappa shape index (κ1) is 14.4. The van der Waals surface area contributed by atoms with E-state index < -0.39 is 0 Å². The molecule has 1 nitrogen and oxygen atoms in total. The van der Waals surface area contributed by atoms with Gasteiger partial charge in [0.25, 0.3) is 0 Å².